The van der Waals surface area contributed by atoms with E-state index in [-0.39, 0.29) is 5.91 Å². The van der Waals surface area contributed by atoms with Gasteiger partial charge in [-0.1, -0.05) is 6.08 Å². The molecule has 0 aliphatic heterocycles. The molecular formula is C16H17NO3. The molecule has 1 amide bonds. The van der Waals surface area contributed by atoms with Gasteiger partial charge in [0.05, 0.1) is 19.9 Å². The average Bonchev–Trinajstić information content (AvgIpc) is 2.98. The number of benzene rings is 1. The molecule has 0 saturated heterocycles. The first-order valence-corrected chi connectivity index (χ1v) is 6.33. The third kappa shape index (κ3) is 3.29. The Bertz CT molecular complexity index is 588. The Morgan fingerprint density at radius 1 is 1.45 bits per heavy atom. The van der Waals surface area contributed by atoms with Crippen LogP contribution in [0.25, 0.3) is 0 Å². The van der Waals surface area contributed by atoms with Crippen molar-refractivity contribution in [2.45, 2.75) is 13.0 Å². The minimum absolute atomic E-state index is 0.144. The summed E-state index contributed by atoms with van der Waals surface area (Å²) in [7, 11) is 1.61. The molecule has 2 aromatic rings. The number of rotatable bonds is 6. The van der Waals surface area contributed by atoms with Crippen LogP contribution in [0.2, 0.25) is 0 Å². The van der Waals surface area contributed by atoms with Gasteiger partial charge in [0.15, 0.2) is 0 Å². The van der Waals surface area contributed by atoms with Crippen LogP contribution in [-0.4, -0.2) is 13.0 Å². The molecule has 1 N–H and O–H groups in total. The van der Waals surface area contributed by atoms with E-state index in [2.05, 4.69) is 11.9 Å². The molecule has 1 aromatic carbocycles. The minimum Gasteiger partial charge on any atom is -0.496 e. The first-order chi connectivity index (χ1) is 9.74. The maximum Gasteiger partial charge on any atom is 0.251 e. The summed E-state index contributed by atoms with van der Waals surface area (Å²) in [6.45, 7) is 4.08. The van der Waals surface area contributed by atoms with Gasteiger partial charge in [-0.25, -0.2) is 0 Å². The van der Waals surface area contributed by atoms with Gasteiger partial charge < -0.3 is 14.5 Å². The molecule has 0 fully saturated rings. The summed E-state index contributed by atoms with van der Waals surface area (Å²) in [5.41, 5.74) is 1.53. The fourth-order valence-electron chi connectivity index (χ4n) is 1.92. The molecule has 1 heterocycles. The van der Waals surface area contributed by atoms with Gasteiger partial charge in [0.2, 0.25) is 0 Å². The molecule has 1 aromatic heterocycles. The average molecular weight is 271 g/mol. The standard InChI is InChI=1S/C16H17NO3/c1-3-5-12-10-13(7-8-15(12)19-2)16(18)17-11-14-6-4-9-20-14/h3-4,6-10H,1,5,11H2,2H3,(H,17,18). The van der Waals surface area contributed by atoms with Gasteiger partial charge in [-0.3, -0.25) is 4.79 Å². The summed E-state index contributed by atoms with van der Waals surface area (Å²) in [5, 5.41) is 2.81. The molecule has 0 aliphatic rings. The Morgan fingerprint density at radius 2 is 2.30 bits per heavy atom. The molecular weight excluding hydrogens is 254 g/mol. The fourth-order valence-corrected chi connectivity index (χ4v) is 1.92. The first kappa shape index (κ1) is 13.9. The smallest absolute Gasteiger partial charge is 0.251 e. The first-order valence-electron chi connectivity index (χ1n) is 6.33. The third-order valence-electron chi connectivity index (χ3n) is 2.91. The zero-order chi connectivity index (χ0) is 14.4. The van der Waals surface area contributed by atoms with Crippen molar-refractivity contribution in [2.75, 3.05) is 7.11 Å². The maximum atomic E-state index is 12.1. The van der Waals surface area contributed by atoms with Gasteiger partial charge in [0.25, 0.3) is 5.91 Å². The van der Waals surface area contributed by atoms with E-state index in [1.807, 2.05) is 12.1 Å². The third-order valence-corrected chi connectivity index (χ3v) is 2.91. The van der Waals surface area contributed by atoms with E-state index in [0.29, 0.717) is 18.5 Å². The number of amides is 1. The van der Waals surface area contributed by atoms with Gasteiger partial charge in [-0.05, 0) is 42.3 Å². The zero-order valence-corrected chi connectivity index (χ0v) is 11.4. The van der Waals surface area contributed by atoms with Gasteiger partial charge in [0.1, 0.15) is 11.5 Å². The number of hydrogen-bond donors (Lipinski definition) is 1. The lowest BCUT2D eigenvalue weighted by Crippen LogP contribution is -2.22. The maximum absolute atomic E-state index is 12.1. The Hall–Kier alpha value is -2.49. The van der Waals surface area contributed by atoms with Gasteiger partial charge in [0, 0.05) is 5.56 Å². The number of carbonyl (C=O) groups is 1. The number of allylic oxidation sites excluding steroid dienone is 1. The van der Waals surface area contributed by atoms with E-state index in [9.17, 15) is 4.79 Å². The molecule has 0 radical (unpaired) electrons. The second-order valence-corrected chi connectivity index (χ2v) is 4.28. The second-order valence-electron chi connectivity index (χ2n) is 4.28. The predicted molar refractivity (Wildman–Crippen MR) is 76.8 cm³/mol. The van der Waals surface area contributed by atoms with Crippen molar-refractivity contribution < 1.29 is 13.9 Å². The highest BCUT2D eigenvalue weighted by molar-refractivity contribution is 5.94. The molecule has 0 atom stereocenters. The van der Waals surface area contributed by atoms with Crippen molar-refractivity contribution >= 4 is 5.91 Å². The summed E-state index contributed by atoms with van der Waals surface area (Å²) in [6, 6.07) is 8.95. The Balaban J connectivity index is 2.09. The zero-order valence-electron chi connectivity index (χ0n) is 11.4. The lowest BCUT2D eigenvalue weighted by Gasteiger charge is -2.09. The Labute approximate surface area is 118 Å². The molecule has 20 heavy (non-hydrogen) atoms. The summed E-state index contributed by atoms with van der Waals surface area (Å²) in [4.78, 5) is 12.1. The Morgan fingerprint density at radius 3 is 2.95 bits per heavy atom. The van der Waals surface area contributed by atoms with E-state index >= 15 is 0 Å². The minimum atomic E-state index is -0.144. The highest BCUT2D eigenvalue weighted by Gasteiger charge is 2.09. The highest BCUT2D eigenvalue weighted by atomic mass is 16.5. The van der Waals surface area contributed by atoms with Crippen LogP contribution in [0.1, 0.15) is 21.7 Å². The van der Waals surface area contributed by atoms with Crippen LogP contribution in [-0.2, 0) is 13.0 Å². The lowest BCUT2D eigenvalue weighted by molar-refractivity contribution is 0.0948. The molecule has 104 valence electrons. The van der Waals surface area contributed by atoms with Crippen LogP contribution in [0.4, 0.5) is 0 Å². The number of furan rings is 1. The second kappa shape index (κ2) is 6.61. The largest absolute Gasteiger partial charge is 0.496 e. The summed E-state index contributed by atoms with van der Waals surface area (Å²) < 4.78 is 10.4. The molecule has 0 spiro atoms. The van der Waals surface area contributed by atoms with Crippen LogP contribution >= 0.6 is 0 Å². The van der Waals surface area contributed by atoms with Crippen molar-refractivity contribution in [1.29, 1.82) is 0 Å². The van der Waals surface area contributed by atoms with Crippen molar-refractivity contribution in [3.05, 3.63) is 66.1 Å². The number of nitrogens with one attached hydrogen (secondary N) is 1. The molecule has 0 bridgehead atoms. The molecule has 0 saturated carbocycles. The van der Waals surface area contributed by atoms with Crippen LogP contribution in [0.3, 0.4) is 0 Å². The molecule has 0 aliphatic carbocycles. The number of carbonyl (C=O) groups excluding carboxylic acids is 1. The predicted octanol–water partition coefficient (Wildman–Crippen LogP) is 2.95. The molecule has 2 rings (SSSR count). The van der Waals surface area contributed by atoms with E-state index in [1.165, 1.54) is 0 Å². The van der Waals surface area contributed by atoms with Crippen LogP contribution < -0.4 is 10.1 Å². The monoisotopic (exact) mass is 271 g/mol. The van der Waals surface area contributed by atoms with Gasteiger partial charge in [-0.2, -0.15) is 0 Å². The van der Waals surface area contributed by atoms with Crippen molar-refractivity contribution in [3.63, 3.8) is 0 Å². The number of hydrogen-bond acceptors (Lipinski definition) is 3. The van der Waals surface area contributed by atoms with Crippen LogP contribution in [0.15, 0.2) is 53.7 Å². The SMILES string of the molecule is C=CCc1cc(C(=O)NCc2ccco2)ccc1OC. The molecule has 4 nitrogen and oxygen atoms in total. The number of ether oxygens (including phenoxy) is 1. The normalized spacial score (nSPS) is 10.1. The van der Waals surface area contributed by atoms with E-state index in [0.717, 1.165) is 17.1 Å². The van der Waals surface area contributed by atoms with Crippen molar-refractivity contribution in [2.24, 2.45) is 0 Å². The highest BCUT2D eigenvalue weighted by Crippen LogP contribution is 2.20. The van der Waals surface area contributed by atoms with Crippen molar-refractivity contribution in [3.8, 4) is 5.75 Å². The van der Waals surface area contributed by atoms with Crippen LogP contribution in [0, 0.1) is 0 Å². The summed E-state index contributed by atoms with van der Waals surface area (Å²) >= 11 is 0. The van der Waals surface area contributed by atoms with E-state index < -0.39 is 0 Å². The van der Waals surface area contributed by atoms with Crippen LogP contribution in [0.5, 0.6) is 5.75 Å². The molecule has 4 heteroatoms. The topological polar surface area (TPSA) is 51.5 Å². The summed E-state index contributed by atoms with van der Waals surface area (Å²) in [5.74, 6) is 1.33. The van der Waals surface area contributed by atoms with E-state index in [4.69, 9.17) is 9.15 Å². The van der Waals surface area contributed by atoms with E-state index in [1.54, 1.807) is 37.6 Å². The lowest BCUT2D eigenvalue weighted by atomic mass is 10.1. The Kier molecular flexibility index (Phi) is 4.60. The quantitative estimate of drug-likeness (QED) is 0.822. The van der Waals surface area contributed by atoms with Crippen molar-refractivity contribution in [1.82, 2.24) is 5.32 Å². The van der Waals surface area contributed by atoms with Gasteiger partial charge >= 0.3 is 0 Å². The molecule has 0 unspecified atom stereocenters. The number of methoxy groups -OCH3 is 1. The summed E-state index contributed by atoms with van der Waals surface area (Å²) in [6.07, 6.45) is 4.02. The van der Waals surface area contributed by atoms with Gasteiger partial charge in [-0.15, -0.1) is 6.58 Å². The fraction of sp³-hybridized carbons (Fsp3) is 0.188.